The van der Waals surface area contributed by atoms with Crippen LogP contribution in [0, 0.1) is 0 Å². The molecule has 0 saturated carbocycles. The molecule has 6 nitrogen and oxygen atoms in total. The Hall–Kier alpha value is -2.08. The molecule has 2 amide bonds. The van der Waals surface area contributed by atoms with Gasteiger partial charge in [0.15, 0.2) is 0 Å². The molecule has 1 aromatic rings. The highest BCUT2D eigenvalue weighted by Gasteiger charge is 2.42. The van der Waals surface area contributed by atoms with Crippen LogP contribution in [-0.4, -0.2) is 48.7 Å². The largest absolute Gasteiger partial charge is 0.441 e. The van der Waals surface area contributed by atoms with Crippen LogP contribution in [0.2, 0.25) is 0 Å². The number of piperidine rings is 1. The maximum absolute atomic E-state index is 12.1. The van der Waals surface area contributed by atoms with Crippen LogP contribution in [0.15, 0.2) is 30.3 Å². The second-order valence-corrected chi connectivity index (χ2v) is 6.72. The summed E-state index contributed by atoms with van der Waals surface area (Å²) in [5.41, 5.74) is 0.791. The molecule has 6 heteroatoms. The van der Waals surface area contributed by atoms with E-state index in [2.05, 4.69) is 15.5 Å². The van der Waals surface area contributed by atoms with E-state index in [1.54, 1.807) is 0 Å². The molecule has 2 N–H and O–H groups in total. The molecule has 0 aliphatic carbocycles. The Labute approximate surface area is 142 Å². The number of nitrogens with one attached hydrogen (secondary N) is 2. The first-order valence-corrected chi connectivity index (χ1v) is 8.60. The number of benzene rings is 1. The van der Waals surface area contributed by atoms with Crippen molar-refractivity contribution in [3.63, 3.8) is 0 Å². The number of nitrogens with zero attached hydrogens (tertiary/aromatic N) is 1. The Kier molecular flexibility index (Phi) is 5.04. The van der Waals surface area contributed by atoms with Gasteiger partial charge >= 0.3 is 6.09 Å². The first-order chi connectivity index (χ1) is 11.6. The first kappa shape index (κ1) is 16.8. The molecule has 2 saturated heterocycles. The molecule has 3 rings (SSSR count). The molecule has 1 spiro atoms. The normalized spacial score (nSPS) is 21.1. The second kappa shape index (κ2) is 7.21. The van der Waals surface area contributed by atoms with E-state index in [4.69, 9.17) is 4.74 Å². The van der Waals surface area contributed by atoms with Crippen LogP contribution < -0.4 is 10.6 Å². The highest BCUT2D eigenvalue weighted by molar-refractivity contribution is 5.76. The molecule has 2 heterocycles. The van der Waals surface area contributed by atoms with Gasteiger partial charge in [-0.05, 0) is 12.5 Å². The topological polar surface area (TPSA) is 70.7 Å². The predicted octanol–water partition coefficient (Wildman–Crippen LogP) is 1.83. The number of hydrogen-bond acceptors (Lipinski definition) is 4. The fourth-order valence-electron chi connectivity index (χ4n) is 3.36. The highest BCUT2D eigenvalue weighted by atomic mass is 16.6. The van der Waals surface area contributed by atoms with E-state index in [0.717, 1.165) is 38.0 Å². The Balaban J connectivity index is 1.39. The predicted molar refractivity (Wildman–Crippen MR) is 90.5 cm³/mol. The van der Waals surface area contributed by atoms with Crippen molar-refractivity contribution in [1.29, 1.82) is 0 Å². The molecule has 1 aromatic carbocycles. The lowest BCUT2D eigenvalue weighted by Crippen LogP contribution is -2.47. The summed E-state index contributed by atoms with van der Waals surface area (Å²) in [4.78, 5) is 25.6. The minimum atomic E-state index is -0.322. The van der Waals surface area contributed by atoms with Gasteiger partial charge in [-0.2, -0.15) is 0 Å². The first-order valence-electron chi connectivity index (χ1n) is 8.60. The minimum Gasteiger partial charge on any atom is -0.441 e. The molecule has 0 bridgehead atoms. The van der Waals surface area contributed by atoms with Crippen LogP contribution >= 0.6 is 0 Å². The lowest BCUT2D eigenvalue weighted by atomic mass is 9.91. The van der Waals surface area contributed by atoms with Gasteiger partial charge in [-0.15, -0.1) is 0 Å². The third-order valence-electron chi connectivity index (χ3n) is 4.96. The van der Waals surface area contributed by atoms with E-state index in [0.29, 0.717) is 13.0 Å². The highest BCUT2D eigenvalue weighted by Crippen LogP contribution is 2.29. The van der Waals surface area contributed by atoms with Crippen LogP contribution in [-0.2, 0) is 9.53 Å². The van der Waals surface area contributed by atoms with Gasteiger partial charge in [0.25, 0.3) is 0 Å². The maximum Gasteiger partial charge on any atom is 0.407 e. The Morgan fingerprint density at radius 3 is 2.67 bits per heavy atom. The van der Waals surface area contributed by atoms with E-state index in [1.807, 2.05) is 37.3 Å². The standard InChI is InChI=1S/C18H25N3O3/c1-14(15-5-3-2-4-6-15)20-16(22)7-10-21-11-8-18(9-12-21)13-19-17(23)24-18/h2-6,14H,7-13H2,1H3,(H,19,23)(H,20,22)/t14-/m0/s1. The summed E-state index contributed by atoms with van der Waals surface area (Å²) in [5, 5.41) is 5.78. The van der Waals surface area contributed by atoms with E-state index < -0.39 is 0 Å². The minimum absolute atomic E-state index is 0.0206. The number of alkyl carbamates (subject to hydrolysis) is 1. The second-order valence-electron chi connectivity index (χ2n) is 6.72. The molecule has 0 unspecified atom stereocenters. The number of likely N-dealkylation sites (tertiary alicyclic amines) is 1. The molecule has 2 fully saturated rings. The van der Waals surface area contributed by atoms with Crippen LogP contribution in [0.3, 0.4) is 0 Å². The van der Waals surface area contributed by atoms with Crippen LogP contribution in [0.5, 0.6) is 0 Å². The van der Waals surface area contributed by atoms with Crippen molar-refractivity contribution in [2.24, 2.45) is 0 Å². The summed E-state index contributed by atoms with van der Waals surface area (Å²) in [6.07, 6.45) is 1.83. The number of carbonyl (C=O) groups excluding carboxylic acids is 2. The molecule has 2 aliphatic rings. The Morgan fingerprint density at radius 1 is 1.33 bits per heavy atom. The fourth-order valence-corrected chi connectivity index (χ4v) is 3.36. The lowest BCUT2D eigenvalue weighted by molar-refractivity contribution is -0.122. The molecule has 24 heavy (non-hydrogen) atoms. The summed E-state index contributed by atoms with van der Waals surface area (Å²) in [6.45, 7) is 5.06. The van der Waals surface area contributed by atoms with Crippen molar-refractivity contribution >= 4 is 12.0 Å². The maximum atomic E-state index is 12.1. The number of carbonyl (C=O) groups is 2. The summed E-state index contributed by atoms with van der Waals surface area (Å²) in [7, 11) is 0. The van der Waals surface area contributed by atoms with E-state index in [1.165, 1.54) is 0 Å². The van der Waals surface area contributed by atoms with Crippen molar-refractivity contribution in [3.05, 3.63) is 35.9 Å². The average molecular weight is 331 g/mol. The molecular weight excluding hydrogens is 306 g/mol. The van der Waals surface area contributed by atoms with E-state index >= 15 is 0 Å². The zero-order chi connectivity index (χ0) is 17.0. The van der Waals surface area contributed by atoms with E-state index in [-0.39, 0.29) is 23.6 Å². The monoisotopic (exact) mass is 331 g/mol. The average Bonchev–Trinajstić information content (AvgIpc) is 2.96. The van der Waals surface area contributed by atoms with E-state index in [9.17, 15) is 9.59 Å². The smallest absolute Gasteiger partial charge is 0.407 e. The summed E-state index contributed by atoms with van der Waals surface area (Å²) >= 11 is 0. The molecule has 0 aromatic heterocycles. The quantitative estimate of drug-likeness (QED) is 0.863. The van der Waals surface area contributed by atoms with Crippen molar-refractivity contribution in [2.45, 2.75) is 37.8 Å². The molecule has 1 atom stereocenters. The summed E-state index contributed by atoms with van der Waals surface area (Å²) in [6, 6.07) is 9.99. The summed E-state index contributed by atoms with van der Waals surface area (Å²) < 4.78 is 5.41. The zero-order valence-electron chi connectivity index (χ0n) is 14.1. The van der Waals surface area contributed by atoms with Gasteiger partial charge in [-0.25, -0.2) is 4.79 Å². The van der Waals surface area contributed by atoms with Crippen molar-refractivity contribution in [2.75, 3.05) is 26.2 Å². The fraction of sp³-hybridized carbons (Fsp3) is 0.556. The SMILES string of the molecule is C[C@H](NC(=O)CCN1CCC2(CC1)CNC(=O)O2)c1ccccc1. The number of amides is 2. The molecule has 130 valence electrons. The van der Waals surface area contributed by atoms with Crippen LogP contribution in [0.1, 0.15) is 37.8 Å². The molecular formula is C18H25N3O3. The third kappa shape index (κ3) is 4.06. The summed E-state index contributed by atoms with van der Waals surface area (Å²) in [5.74, 6) is 0.0700. The van der Waals surface area contributed by atoms with Gasteiger partial charge in [0, 0.05) is 38.9 Å². The van der Waals surface area contributed by atoms with Gasteiger partial charge in [0.05, 0.1) is 12.6 Å². The number of hydrogen-bond donors (Lipinski definition) is 2. The van der Waals surface area contributed by atoms with Gasteiger partial charge < -0.3 is 20.3 Å². The number of ether oxygens (including phenoxy) is 1. The zero-order valence-corrected chi connectivity index (χ0v) is 14.1. The van der Waals surface area contributed by atoms with Gasteiger partial charge in [0.1, 0.15) is 5.60 Å². The van der Waals surface area contributed by atoms with Crippen LogP contribution in [0.4, 0.5) is 4.79 Å². The van der Waals surface area contributed by atoms with Gasteiger partial charge in [-0.3, -0.25) is 4.79 Å². The Morgan fingerprint density at radius 2 is 2.04 bits per heavy atom. The van der Waals surface area contributed by atoms with Crippen molar-refractivity contribution in [3.8, 4) is 0 Å². The van der Waals surface area contributed by atoms with Gasteiger partial charge in [0.2, 0.25) is 5.91 Å². The lowest BCUT2D eigenvalue weighted by Gasteiger charge is -2.37. The van der Waals surface area contributed by atoms with Crippen molar-refractivity contribution < 1.29 is 14.3 Å². The number of rotatable bonds is 5. The third-order valence-corrected chi connectivity index (χ3v) is 4.96. The van der Waals surface area contributed by atoms with Crippen molar-refractivity contribution in [1.82, 2.24) is 15.5 Å². The Bertz CT molecular complexity index is 582. The van der Waals surface area contributed by atoms with Crippen LogP contribution in [0.25, 0.3) is 0 Å². The molecule has 2 aliphatic heterocycles. The molecule has 0 radical (unpaired) electrons. The van der Waals surface area contributed by atoms with Gasteiger partial charge in [-0.1, -0.05) is 30.3 Å².